The molecule has 0 atom stereocenters. The fourth-order valence-corrected chi connectivity index (χ4v) is 2.36. The van der Waals surface area contributed by atoms with E-state index in [1.807, 2.05) is 0 Å². The maximum atomic E-state index is 5.61. The second-order valence-corrected chi connectivity index (χ2v) is 6.38. The van der Waals surface area contributed by atoms with E-state index in [0.717, 1.165) is 4.90 Å². The largest absolute Gasteiger partial charge is 0.467 e. The molecule has 0 spiro atoms. The lowest BCUT2D eigenvalue weighted by Gasteiger charge is -2.18. The number of nitrogens with two attached hydrogens (primary N) is 1. The summed E-state index contributed by atoms with van der Waals surface area (Å²) in [5.41, 5.74) is 7.04. The highest BCUT2D eigenvalue weighted by atomic mass is 32.2. The van der Waals surface area contributed by atoms with Crippen LogP contribution in [-0.4, -0.2) is 22.1 Å². The van der Waals surface area contributed by atoms with Crippen LogP contribution in [0.25, 0.3) is 0 Å². The van der Waals surface area contributed by atoms with Crippen molar-refractivity contribution < 1.29 is 4.74 Å². The highest BCUT2D eigenvalue weighted by molar-refractivity contribution is 7.99. The molecule has 0 amide bonds. The minimum Gasteiger partial charge on any atom is -0.467 e. The van der Waals surface area contributed by atoms with Gasteiger partial charge in [-0.1, -0.05) is 32.9 Å². The maximum Gasteiger partial charge on any atom is 0.321 e. The van der Waals surface area contributed by atoms with Crippen molar-refractivity contribution in [3.63, 3.8) is 0 Å². The molecule has 0 aliphatic carbocycles. The van der Waals surface area contributed by atoms with E-state index < -0.39 is 0 Å². The van der Waals surface area contributed by atoms with Gasteiger partial charge >= 0.3 is 6.01 Å². The van der Waals surface area contributed by atoms with Gasteiger partial charge in [0.1, 0.15) is 0 Å². The van der Waals surface area contributed by atoms with Crippen molar-refractivity contribution >= 4 is 17.7 Å². The fraction of sp³-hybridized carbons (Fsp3) is 0.357. The third kappa shape index (κ3) is 3.60. The van der Waals surface area contributed by atoms with Gasteiger partial charge in [-0.3, -0.25) is 0 Å². The highest BCUT2D eigenvalue weighted by Gasteiger charge is 2.13. The number of hydrogen-bond donors (Lipinski definition) is 1. The quantitative estimate of drug-likeness (QED) is 0.937. The monoisotopic (exact) mass is 290 g/mol. The Balaban J connectivity index is 2.20. The fourth-order valence-electron chi connectivity index (χ4n) is 1.62. The number of ether oxygens (including phenoxy) is 1. The van der Waals surface area contributed by atoms with Crippen LogP contribution in [0.1, 0.15) is 26.3 Å². The molecule has 0 unspecified atom stereocenters. The smallest absolute Gasteiger partial charge is 0.321 e. The molecular formula is C14H18N4OS. The third-order valence-corrected chi connectivity index (χ3v) is 3.60. The summed E-state index contributed by atoms with van der Waals surface area (Å²) in [6.07, 6.45) is 0. The van der Waals surface area contributed by atoms with Crippen molar-refractivity contribution in [3.8, 4) is 6.01 Å². The first-order chi connectivity index (χ1) is 9.38. The molecule has 0 fully saturated rings. The third-order valence-electron chi connectivity index (χ3n) is 2.72. The van der Waals surface area contributed by atoms with Gasteiger partial charge in [-0.05, 0) is 34.9 Å². The van der Waals surface area contributed by atoms with Gasteiger partial charge in [0.05, 0.1) is 7.11 Å². The van der Waals surface area contributed by atoms with Gasteiger partial charge in [0.2, 0.25) is 11.1 Å². The molecule has 106 valence electrons. The predicted molar refractivity (Wildman–Crippen MR) is 80.1 cm³/mol. The molecule has 6 heteroatoms. The number of rotatable bonds is 3. The molecule has 0 saturated heterocycles. The van der Waals surface area contributed by atoms with Crippen LogP contribution in [0.5, 0.6) is 6.01 Å². The Morgan fingerprint density at radius 1 is 1.05 bits per heavy atom. The molecule has 2 aromatic rings. The zero-order valence-corrected chi connectivity index (χ0v) is 12.9. The Morgan fingerprint density at radius 3 is 2.25 bits per heavy atom. The first-order valence-electron chi connectivity index (χ1n) is 6.22. The van der Waals surface area contributed by atoms with Crippen molar-refractivity contribution in [1.82, 2.24) is 15.0 Å². The van der Waals surface area contributed by atoms with Crippen LogP contribution >= 0.6 is 11.8 Å². The minimum absolute atomic E-state index is 0.143. The number of benzene rings is 1. The first kappa shape index (κ1) is 14.6. The molecule has 1 aromatic carbocycles. The van der Waals surface area contributed by atoms with Crippen molar-refractivity contribution in [2.75, 3.05) is 12.8 Å². The van der Waals surface area contributed by atoms with Crippen LogP contribution in [0.2, 0.25) is 0 Å². The van der Waals surface area contributed by atoms with Crippen molar-refractivity contribution in [3.05, 3.63) is 29.8 Å². The number of anilines is 1. The number of nitrogens with zero attached hydrogens (tertiary/aromatic N) is 3. The highest BCUT2D eigenvalue weighted by Crippen LogP contribution is 2.29. The molecule has 0 saturated carbocycles. The van der Waals surface area contributed by atoms with Gasteiger partial charge in [0.25, 0.3) is 0 Å². The molecule has 1 aromatic heterocycles. The summed E-state index contributed by atoms with van der Waals surface area (Å²) in [6, 6.07) is 8.57. The molecule has 0 aliphatic heterocycles. The molecule has 2 rings (SSSR count). The Labute approximate surface area is 123 Å². The summed E-state index contributed by atoms with van der Waals surface area (Å²) in [4.78, 5) is 13.2. The Morgan fingerprint density at radius 2 is 1.70 bits per heavy atom. The summed E-state index contributed by atoms with van der Waals surface area (Å²) >= 11 is 1.43. The lowest BCUT2D eigenvalue weighted by Crippen LogP contribution is -2.10. The predicted octanol–water partition coefficient (Wildman–Crippen LogP) is 2.91. The second-order valence-electron chi connectivity index (χ2n) is 5.34. The Kier molecular flexibility index (Phi) is 4.13. The summed E-state index contributed by atoms with van der Waals surface area (Å²) in [5, 5.41) is 0.526. The Bertz CT molecular complexity index is 593. The zero-order chi connectivity index (χ0) is 14.8. The van der Waals surface area contributed by atoms with Crippen LogP contribution in [-0.2, 0) is 5.41 Å². The number of methoxy groups -OCH3 is 1. The summed E-state index contributed by atoms with van der Waals surface area (Å²) in [5.74, 6) is 0.158. The van der Waals surface area contributed by atoms with Gasteiger partial charge in [-0.2, -0.15) is 15.0 Å². The van der Waals surface area contributed by atoms with Gasteiger partial charge in [-0.25, -0.2) is 0 Å². The minimum atomic E-state index is 0.143. The molecule has 0 aliphatic rings. The molecule has 5 nitrogen and oxygen atoms in total. The molecular weight excluding hydrogens is 272 g/mol. The molecule has 20 heavy (non-hydrogen) atoms. The van der Waals surface area contributed by atoms with Gasteiger partial charge < -0.3 is 10.5 Å². The topological polar surface area (TPSA) is 73.9 Å². The summed E-state index contributed by atoms with van der Waals surface area (Å²) in [7, 11) is 1.50. The molecule has 2 N–H and O–H groups in total. The van der Waals surface area contributed by atoms with E-state index in [1.54, 1.807) is 0 Å². The van der Waals surface area contributed by atoms with Gasteiger partial charge in [-0.15, -0.1) is 0 Å². The zero-order valence-electron chi connectivity index (χ0n) is 12.0. The van der Waals surface area contributed by atoms with E-state index in [4.69, 9.17) is 10.5 Å². The van der Waals surface area contributed by atoms with Crippen LogP contribution in [0.4, 0.5) is 5.95 Å². The van der Waals surface area contributed by atoms with Crippen molar-refractivity contribution in [2.45, 2.75) is 36.2 Å². The van der Waals surface area contributed by atoms with Gasteiger partial charge in [0, 0.05) is 4.90 Å². The molecule has 0 bridgehead atoms. The molecule has 0 radical (unpaired) electrons. The number of hydrogen-bond acceptors (Lipinski definition) is 6. The van der Waals surface area contributed by atoms with E-state index in [9.17, 15) is 0 Å². The lowest BCUT2D eigenvalue weighted by molar-refractivity contribution is 0.374. The van der Waals surface area contributed by atoms with E-state index >= 15 is 0 Å². The van der Waals surface area contributed by atoms with E-state index in [1.165, 1.54) is 24.4 Å². The van der Waals surface area contributed by atoms with E-state index in [0.29, 0.717) is 5.16 Å². The first-order valence-corrected chi connectivity index (χ1v) is 7.04. The summed E-state index contributed by atoms with van der Waals surface area (Å²) in [6.45, 7) is 6.56. The van der Waals surface area contributed by atoms with E-state index in [2.05, 4.69) is 60.0 Å². The standard InChI is InChI=1S/C14H18N4OS/c1-14(2,3)9-5-7-10(8-6-9)20-13-17-11(15)16-12(18-13)19-4/h5-8H,1-4H3,(H2,15,16,17,18). The van der Waals surface area contributed by atoms with Crippen molar-refractivity contribution in [1.29, 1.82) is 0 Å². The summed E-state index contributed by atoms with van der Waals surface area (Å²) < 4.78 is 4.98. The SMILES string of the molecule is COc1nc(N)nc(Sc2ccc(C(C)(C)C)cc2)n1. The lowest BCUT2D eigenvalue weighted by atomic mass is 9.87. The van der Waals surface area contributed by atoms with Crippen LogP contribution in [0, 0.1) is 0 Å². The van der Waals surface area contributed by atoms with Crippen LogP contribution in [0.3, 0.4) is 0 Å². The van der Waals surface area contributed by atoms with Crippen LogP contribution in [0.15, 0.2) is 34.3 Å². The van der Waals surface area contributed by atoms with Crippen LogP contribution < -0.4 is 10.5 Å². The second kappa shape index (κ2) is 5.66. The normalized spacial score (nSPS) is 11.4. The van der Waals surface area contributed by atoms with Crippen molar-refractivity contribution in [2.24, 2.45) is 0 Å². The van der Waals surface area contributed by atoms with E-state index in [-0.39, 0.29) is 17.4 Å². The molecule has 1 heterocycles. The average Bonchev–Trinajstić information content (AvgIpc) is 2.37. The maximum absolute atomic E-state index is 5.61. The van der Waals surface area contributed by atoms with Gasteiger partial charge in [0.15, 0.2) is 0 Å². The number of aromatic nitrogens is 3. The Hall–Kier alpha value is -1.82. The number of nitrogen functional groups attached to an aromatic ring is 1. The average molecular weight is 290 g/mol.